The predicted molar refractivity (Wildman–Crippen MR) is 371 cm³/mol. The van der Waals surface area contributed by atoms with Gasteiger partial charge < -0.3 is 76.1 Å². The van der Waals surface area contributed by atoms with E-state index in [1.807, 2.05) is 28.2 Å². The zero-order chi connectivity index (χ0) is 72.9. The Morgan fingerprint density at radius 1 is 0.612 bits per heavy atom. The maximum Gasteiger partial charge on any atom is 0.421 e. The SMILES string of the molecule is C=CC(=O)Nc1cc(Nc2ncc(C(F)(F)F)c(Nc3cc(Cl)c(F)cc3C(C)(C)O)n2)c(OC)cc1N1CC[C@@H](N(C)C)C1.CCN(CC)CC.COc1cc(N2CC[C@@H](N(C)C)C2)c(NC(=O)CCCl)cc1Nc1ncc(C(F)(F)F)c(Nc2cc(Cl)c(F)cc2C(C)(C)O)n1. The Morgan fingerprint density at radius 3 is 1.31 bits per heavy atom. The van der Waals surface area contributed by atoms with Gasteiger partial charge in [-0.05, 0) is 131 Å². The van der Waals surface area contributed by atoms with Crippen LogP contribution in [-0.4, -0.2) is 163 Å². The Morgan fingerprint density at radius 2 is 1.00 bits per heavy atom. The molecule has 0 saturated carbocycles. The molecule has 6 aromatic rings. The number of rotatable bonds is 24. The molecule has 2 fully saturated rings. The number of aromatic nitrogens is 4. The van der Waals surface area contributed by atoms with Crippen molar-refractivity contribution in [1.82, 2.24) is 34.6 Å². The molecule has 21 nitrogen and oxygen atoms in total. The quantitative estimate of drug-likeness (QED) is 0.0160. The second kappa shape index (κ2) is 33.9. The number of anilines is 12. The van der Waals surface area contributed by atoms with Gasteiger partial charge in [0.25, 0.3) is 0 Å². The highest BCUT2D eigenvalue weighted by Crippen LogP contribution is 2.45. The molecule has 0 spiro atoms. The van der Waals surface area contributed by atoms with Gasteiger partial charge in [-0.25, -0.2) is 18.7 Å². The number of aliphatic hydroxyl groups is 2. The summed E-state index contributed by atoms with van der Waals surface area (Å²) in [6, 6.07) is 11.2. The first-order valence-electron chi connectivity index (χ1n) is 31.1. The number of amides is 2. The second-order valence-corrected chi connectivity index (χ2v) is 25.5. The van der Waals surface area contributed by atoms with Crippen LogP contribution in [0.15, 0.2) is 73.6 Å². The normalized spacial score (nSPS) is 14.9. The van der Waals surface area contributed by atoms with Crippen LogP contribution in [-0.2, 0) is 33.1 Å². The lowest BCUT2D eigenvalue weighted by Gasteiger charge is -2.26. The lowest BCUT2D eigenvalue weighted by atomic mass is 9.96. The largest absolute Gasteiger partial charge is 0.494 e. The number of methoxy groups -OCH3 is 2. The van der Waals surface area contributed by atoms with Crippen molar-refractivity contribution in [2.45, 2.75) is 103 Å². The van der Waals surface area contributed by atoms with E-state index in [9.17, 15) is 54.9 Å². The minimum absolute atomic E-state index is 0.0519. The summed E-state index contributed by atoms with van der Waals surface area (Å²) in [7, 11) is 10.8. The third-order valence-corrected chi connectivity index (χ3v) is 16.9. The highest BCUT2D eigenvalue weighted by atomic mass is 35.5. The molecule has 4 aromatic carbocycles. The minimum atomic E-state index is -4.88. The van der Waals surface area contributed by atoms with E-state index in [4.69, 9.17) is 44.3 Å². The molecule has 2 saturated heterocycles. The van der Waals surface area contributed by atoms with E-state index in [0.29, 0.717) is 72.8 Å². The number of hydrogen-bond donors (Lipinski definition) is 8. The van der Waals surface area contributed by atoms with Gasteiger partial charge >= 0.3 is 12.4 Å². The fourth-order valence-corrected chi connectivity index (χ4v) is 11.1. The fraction of sp³-hybridized carbons (Fsp3) is 0.455. The molecule has 0 aliphatic carbocycles. The number of hydrogen-bond acceptors (Lipinski definition) is 19. The van der Waals surface area contributed by atoms with Crippen molar-refractivity contribution in [3.63, 3.8) is 0 Å². The maximum absolute atomic E-state index is 14.3. The third-order valence-electron chi connectivity index (χ3n) is 16.1. The summed E-state index contributed by atoms with van der Waals surface area (Å²) in [6.07, 6.45) is -5.61. The molecule has 536 valence electrons. The van der Waals surface area contributed by atoms with E-state index in [2.05, 4.69) is 104 Å². The van der Waals surface area contributed by atoms with Gasteiger partial charge in [-0.15, -0.1) is 11.6 Å². The second-order valence-electron chi connectivity index (χ2n) is 24.3. The van der Waals surface area contributed by atoms with E-state index in [1.54, 1.807) is 24.3 Å². The Hall–Kier alpha value is -7.77. The molecule has 98 heavy (non-hydrogen) atoms. The molecule has 2 aliphatic rings. The minimum Gasteiger partial charge on any atom is -0.494 e. The summed E-state index contributed by atoms with van der Waals surface area (Å²) in [6.45, 7) is 21.8. The number of nitrogens with one attached hydrogen (secondary N) is 6. The number of carbonyl (C=O) groups is 2. The van der Waals surface area contributed by atoms with Crippen LogP contribution in [0.4, 0.5) is 104 Å². The summed E-state index contributed by atoms with van der Waals surface area (Å²) in [5.74, 6) is -3.67. The van der Waals surface area contributed by atoms with E-state index in [1.165, 1.54) is 61.5 Å². The van der Waals surface area contributed by atoms with Crippen molar-refractivity contribution in [1.29, 1.82) is 0 Å². The van der Waals surface area contributed by atoms with Gasteiger partial charge in [0.05, 0.1) is 69.6 Å². The number of alkyl halides is 7. The molecule has 0 unspecified atom stereocenters. The van der Waals surface area contributed by atoms with Crippen molar-refractivity contribution >= 4 is 116 Å². The van der Waals surface area contributed by atoms with Crippen LogP contribution >= 0.6 is 34.8 Å². The topological polar surface area (TPSA) is 233 Å². The van der Waals surface area contributed by atoms with Crippen molar-refractivity contribution < 1.29 is 64.4 Å². The molecule has 32 heteroatoms. The van der Waals surface area contributed by atoms with Crippen LogP contribution in [0.25, 0.3) is 0 Å². The van der Waals surface area contributed by atoms with Crippen LogP contribution in [0, 0.1) is 11.6 Å². The van der Waals surface area contributed by atoms with Crippen LogP contribution in [0.3, 0.4) is 0 Å². The molecule has 0 bridgehead atoms. The average molecular weight is 1440 g/mol. The summed E-state index contributed by atoms with van der Waals surface area (Å²) in [5, 5.41) is 36.9. The van der Waals surface area contributed by atoms with E-state index in [0.717, 1.165) is 43.2 Å². The number of ether oxygens (including phenoxy) is 2. The molecular formula is C66H84Cl3F8N15O6. The number of benzene rings is 4. The van der Waals surface area contributed by atoms with Crippen molar-refractivity contribution in [2.75, 3.05) is 136 Å². The Kier molecular flexibility index (Phi) is 27.4. The highest BCUT2D eigenvalue weighted by Gasteiger charge is 2.39. The molecule has 2 amide bonds. The Bertz CT molecular complexity index is 3760. The predicted octanol–water partition coefficient (Wildman–Crippen LogP) is 14.3. The van der Waals surface area contributed by atoms with Crippen LogP contribution < -0.4 is 51.2 Å². The van der Waals surface area contributed by atoms with E-state index >= 15 is 0 Å². The lowest BCUT2D eigenvalue weighted by molar-refractivity contribution is -0.138. The molecular weight excluding hydrogens is 1360 g/mol. The Balaban J connectivity index is 0.000000282. The van der Waals surface area contributed by atoms with E-state index in [-0.39, 0.29) is 86.1 Å². The molecule has 0 radical (unpaired) electrons. The standard InChI is InChI=1S/C30H35Cl2F4N7O3.C30H34ClF4N7O3.C6H15N/c1-29(2,45)17-10-20(33)19(32)11-21(17)39-27-18(30(34,35)36)14-37-28(41-27)40-23-12-22(38-26(44)6-8-31)24(13-25(23)46-5)43-9-7-16(15-43)42(3)4;1-7-26(43)37-22-12-23(25(45-6)13-24(22)42-9-8-16(15-42)41(4)5)39-28-36-14-18(30(33,34)35)27(40-28)38-21-11-19(31)20(32)10-17(21)29(2,3)44;1-4-7(5-2)6-3/h10-14,16,45H,6-9,15H2,1-5H3,(H,38,44)(H2,37,39,40,41);7,10-14,16,44H,1,8-9,15H2,2-6H3,(H,37,43)(H2,36,38,39,40);4-6H2,1-3H3/t2*16-;/m11./s1. The molecule has 2 aliphatic heterocycles. The maximum atomic E-state index is 14.3. The van der Waals surface area contributed by atoms with Gasteiger partial charge in [-0.2, -0.15) is 36.3 Å². The molecule has 4 heterocycles. The fourth-order valence-electron chi connectivity index (χ4n) is 10.6. The highest BCUT2D eigenvalue weighted by molar-refractivity contribution is 6.31. The summed E-state index contributed by atoms with van der Waals surface area (Å²) < 4.78 is 124. The van der Waals surface area contributed by atoms with Crippen molar-refractivity contribution in [3.05, 3.63) is 118 Å². The first-order chi connectivity index (χ1) is 45.9. The van der Waals surface area contributed by atoms with Gasteiger partial charge in [-0.3, -0.25) is 9.59 Å². The van der Waals surface area contributed by atoms with Gasteiger partial charge in [0.15, 0.2) is 0 Å². The number of carbonyl (C=O) groups excluding carboxylic acids is 2. The zero-order valence-electron chi connectivity index (χ0n) is 56.7. The zero-order valence-corrected chi connectivity index (χ0v) is 59.0. The molecule has 8 N–H and O–H groups in total. The van der Waals surface area contributed by atoms with Gasteiger partial charge in [0.1, 0.15) is 45.9 Å². The number of nitrogens with zero attached hydrogens (tertiary/aromatic N) is 9. The monoisotopic (exact) mass is 1440 g/mol. The van der Waals surface area contributed by atoms with Crippen molar-refractivity contribution in [2.24, 2.45) is 0 Å². The molecule has 2 aromatic heterocycles. The van der Waals surface area contributed by atoms with Crippen LogP contribution in [0.5, 0.6) is 11.5 Å². The van der Waals surface area contributed by atoms with Gasteiger partial charge in [0.2, 0.25) is 23.7 Å². The molecule has 8 rings (SSSR count). The number of likely N-dealkylation sites (N-methyl/N-ethyl adjacent to an activating group) is 2. The average Bonchev–Trinajstić information content (AvgIpc) is 0.909. The first kappa shape index (κ1) is 79.2. The summed E-state index contributed by atoms with van der Waals surface area (Å²) >= 11 is 17.7. The number of halogens is 11. The van der Waals surface area contributed by atoms with Crippen LogP contribution in [0.2, 0.25) is 10.0 Å². The first-order valence-corrected chi connectivity index (χ1v) is 32.4. The molecule has 2 atom stereocenters. The third kappa shape index (κ3) is 20.9. The smallest absolute Gasteiger partial charge is 0.421 e. The van der Waals surface area contributed by atoms with Crippen LogP contribution in [0.1, 0.15) is 90.0 Å². The van der Waals surface area contributed by atoms with E-state index < -0.39 is 63.9 Å². The Labute approximate surface area is 580 Å². The lowest BCUT2D eigenvalue weighted by Crippen LogP contribution is -2.31. The summed E-state index contributed by atoms with van der Waals surface area (Å²) in [4.78, 5) is 51.7. The summed E-state index contributed by atoms with van der Waals surface area (Å²) in [5.41, 5.74) is -3.33. The van der Waals surface area contributed by atoms with Gasteiger partial charge in [0, 0.05) is 97.6 Å². The van der Waals surface area contributed by atoms with Gasteiger partial charge in [-0.1, -0.05) is 50.6 Å². The van der Waals surface area contributed by atoms with Crippen molar-refractivity contribution in [3.8, 4) is 11.5 Å².